The van der Waals surface area contributed by atoms with Crippen molar-refractivity contribution in [3.05, 3.63) is 24.0 Å². The van der Waals surface area contributed by atoms with Gasteiger partial charge in [-0.25, -0.2) is 0 Å². The van der Waals surface area contributed by atoms with E-state index in [4.69, 9.17) is 0 Å². The first-order valence-electron chi connectivity index (χ1n) is 5.41. The predicted octanol–water partition coefficient (Wildman–Crippen LogP) is 0.0193. The lowest BCUT2D eigenvalue weighted by Crippen LogP contribution is -2.36. The molecule has 0 spiro atoms. The van der Waals surface area contributed by atoms with Gasteiger partial charge in [-0.05, 0) is 18.6 Å². The highest BCUT2D eigenvalue weighted by Crippen LogP contribution is 2.01. The first-order valence-corrected chi connectivity index (χ1v) is 5.41. The molecule has 0 radical (unpaired) electrons. The summed E-state index contributed by atoms with van der Waals surface area (Å²) in [5.41, 5.74) is 0.602. The number of amides is 1. The quantitative estimate of drug-likeness (QED) is 0.707. The summed E-state index contributed by atoms with van der Waals surface area (Å²) in [5.74, 6) is 0.0245. The Balaban J connectivity index is 1.93. The van der Waals surface area contributed by atoms with Crippen molar-refractivity contribution in [1.29, 1.82) is 0 Å². The maximum absolute atomic E-state index is 11.8. The van der Waals surface area contributed by atoms with Crippen LogP contribution in [0.1, 0.15) is 16.9 Å². The standard InChI is InChI=1S/C11H15N3O2/c15-10(9-3-1-4-12-9)7-14-6-2-5-13-11(16)8-14/h1,3-4,12H,2,5-8H2,(H,13,16). The molecule has 1 aromatic heterocycles. The fourth-order valence-electron chi connectivity index (χ4n) is 1.80. The van der Waals surface area contributed by atoms with Crippen LogP contribution in [-0.2, 0) is 4.79 Å². The van der Waals surface area contributed by atoms with Gasteiger partial charge in [-0.1, -0.05) is 0 Å². The summed E-state index contributed by atoms with van der Waals surface area (Å²) in [6.45, 7) is 2.09. The molecule has 1 fully saturated rings. The third-order valence-electron chi connectivity index (χ3n) is 2.61. The van der Waals surface area contributed by atoms with Crippen molar-refractivity contribution in [1.82, 2.24) is 15.2 Å². The third kappa shape index (κ3) is 2.70. The van der Waals surface area contributed by atoms with Crippen LogP contribution in [0.15, 0.2) is 18.3 Å². The lowest BCUT2D eigenvalue weighted by Gasteiger charge is -2.16. The van der Waals surface area contributed by atoms with Gasteiger partial charge in [0.1, 0.15) is 0 Å². The zero-order valence-electron chi connectivity index (χ0n) is 9.03. The van der Waals surface area contributed by atoms with Crippen molar-refractivity contribution in [3.8, 4) is 0 Å². The molecule has 2 heterocycles. The van der Waals surface area contributed by atoms with Crippen LogP contribution in [0.4, 0.5) is 0 Å². The van der Waals surface area contributed by atoms with E-state index in [0.29, 0.717) is 25.3 Å². The fraction of sp³-hybridized carbons (Fsp3) is 0.455. The highest BCUT2D eigenvalue weighted by Gasteiger charge is 2.18. The number of nitrogens with zero attached hydrogens (tertiary/aromatic N) is 1. The summed E-state index contributed by atoms with van der Waals surface area (Å²) in [5, 5.41) is 2.78. The molecule has 0 saturated carbocycles. The summed E-state index contributed by atoms with van der Waals surface area (Å²) in [6.07, 6.45) is 2.62. The molecule has 1 saturated heterocycles. The van der Waals surface area contributed by atoms with Gasteiger partial charge in [-0.15, -0.1) is 0 Å². The van der Waals surface area contributed by atoms with E-state index in [1.54, 1.807) is 18.3 Å². The normalized spacial score (nSPS) is 17.9. The lowest BCUT2D eigenvalue weighted by molar-refractivity contribution is -0.121. The van der Waals surface area contributed by atoms with E-state index < -0.39 is 0 Å². The number of rotatable bonds is 3. The number of aromatic amines is 1. The maximum atomic E-state index is 11.8. The molecule has 5 heteroatoms. The topological polar surface area (TPSA) is 65.2 Å². The van der Waals surface area contributed by atoms with Crippen molar-refractivity contribution in [3.63, 3.8) is 0 Å². The van der Waals surface area contributed by atoms with Gasteiger partial charge in [0.15, 0.2) is 5.78 Å². The van der Waals surface area contributed by atoms with Crippen molar-refractivity contribution in [2.75, 3.05) is 26.2 Å². The van der Waals surface area contributed by atoms with Gasteiger partial charge in [-0.2, -0.15) is 0 Å². The van der Waals surface area contributed by atoms with Crippen LogP contribution in [0, 0.1) is 0 Å². The van der Waals surface area contributed by atoms with Gasteiger partial charge in [-0.3, -0.25) is 14.5 Å². The Morgan fingerprint density at radius 1 is 1.50 bits per heavy atom. The Morgan fingerprint density at radius 2 is 2.38 bits per heavy atom. The molecule has 0 aliphatic carbocycles. The molecule has 0 aromatic carbocycles. The fourth-order valence-corrected chi connectivity index (χ4v) is 1.80. The predicted molar refractivity (Wildman–Crippen MR) is 59.2 cm³/mol. The highest BCUT2D eigenvalue weighted by molar-refractivity contribution is 5.96. The Hall–Kier alpha value is -1.62. The van der Waals surface area contributed by atoms with Gasteiger partial charge in [0, 0.05) is 19.3 Å². The number of H-pyrrole nitrogens is 1. The molecular formula is C11H15N3O2. The van der Waals surface area contributed by atoms with Crippen LogP contribution in [0.25, 0.3) is 0 Å². The van der Waals surface area contributed by atoms with Crippen LogP contribution in [0.5, 0.6) is 0 Å². The van der Waals surface area contributed by atoms with Crippen LogP contribution >= 0.6 is 0 Å². The molecule has 1 aliphatic heterocycles. The molecule has 0 bridgehead atoms. The second-order valence-corrected chi connectivity index (χ2v) is 3.92. The van der Waals surface area contributed by atoms with Crippen molar-refractivity contribution >= 4 is 11.7 Å². The first kappa shape index (κ1) is 10.9. The Morgan fingerprint density at radius 3 is 3.12 bits per heavy atom. The number of hydrogen-bond acceptors (Lipinski definition) is 3. The lowest BCUT2D eigenvalue weighted by atomic mass is 10.2. The van der Waals surface area contributed by atoms with Crippen LogP contribution in [0.3, 0.4) is 0 Å². The minimum atomic E-state index is -0.00298. The van der Waals surface area contributed by atoms with E-state index in [9.17, 15) is 9.59 Å². The van der Waals surface area contributed by atoms with Gasteiger partial charge in [0.25, 0.3) is 0 Å². The van der Waals surface area contributed by atoms with Crippen LogP contribution < -0.4 is 5.32 Å². The zero-order chi connectivity index (χ0) is 11.4. The molecule has 1 aromatic rings. The van der Waals surface area contributed by atoms with E-state index in [1.807, 2.05) is 4.90 Å². The van der Waals surface area contributed by atoms with E-state index in [0.717, 1.165) is 13.0 Å². The summed E-state index contributed by atoms with van der Waals surface area (Å²) in [6, 6.07) is 3.54. The van der Waals surface area contributed by atoms with Crippen molar-refractivity contribution < 1.29 is 9.59 Å². The van der Waals surface area contributed by atoms with Gasteiger partial charge in [0.2, 0.25) is 5.91 Å². The number of aromatic nitrogens is 1. The minimum absolute atomic E-state index is 0.00298. The highest BCUT2D eigenvalue weighted by atomic mass is 16.2. The Kier molecular flexibility index (Phi) is 3.36. The number of carbonyl (C=O) groups excluding carboxylic acids is 2. The van der Waals surface area contributed by atoms with Crippen LogP contribution in [0.2, 0.25) is 0 Å². The van der Waals surface area contributed by atoms with E-state index >= 15 is 0 Å². The van der Waals surface area contributed by atoms with E-state index in [1.165, 1.54) is 0 Å². The summed E-state index contributed by atoms with van der Waals surface area (Å²) in [4.78, 5) is 27.8. The van der Waals surface area contributed by atoms with Crippen molar-refractivity contribution in [2.45, 2.75) is 6.42 Å². The molecule has 2 rings (SSSR count). The zero-order valence-corrected chi connectivity index (χ0v) is 9.03. The monoisotopic (exact) mass is 221 g/mol. The molecule has 1 amide bonds. The second kappa shape index (κ2) is 4.94. The number of Topliss-reactive ketones (excluding diaryl/α,β-unsaturated/α-hetero) is 1. The number of carbonyl (C=O) groups is 2. The molecule has 1 aliphatic rings. The minimum Gasteiger partial charge on any atom is -0.359 e. The maximum Gasteiger partial charge on any atom is 0.234 e. The molecule has 16 heavy (non-hydrogen) atoms. The Bertz CT molecular complexity index is 373. The molecule has 5 nitrogen and oxygen atoms in total. The Labute approximate surface area is 93.8 Å². The van der Waals surface area contributed by atoms with Gasteiger partial charge in [0.05, 0.1) is 18.8 Å². The summed E-state index contributed by atoms with van der Waals surface area (Å²) >= 11 is 0. The average molecular weight is 221 g/mol. The number of ketones is 1. The molecular weight excluding hydrogens is 206 g/mol. The average Bonchev–Trinajstić information content (AvgIpc) is 2.70. The molecule has 0 atom stereocenters. The number of hydrogen-bond donors (Lipinski definition) is 2. The largest absolute Gasteiger partial charge is 0.359 e. The second-order valence-electron chi connectivity index (χ2n) is 3.92. The SMILES string of the molecule is O=C1CN(CC(=O)c2ccc[nH]2)CCCN1. The smallest absolute Gasteiger partial charge is 0.234 e. The van der Waals surface area contributed by atoms with Crippen molar-refractivity contribution in [2.24, 2.45) is 0 Å². The third-order valence-corrected chi connectivity index (χ3v) is 2.61. The molecule has 0 unspecified atom stereocenters. The number of nitrogens with one attached hydrogen (secondary N) is 2. The summed E-state index contributed by atoms with van der Waals surface area (Å²) < 4.78 is 0. The van der Waals surface area contributed by atoms with Crippen LogP contribution in [-0.4, -0.2) is 47.8 Å². The van der Waals surface area contributed by atoms with Gasteiger partial charge >= 0.3 is 0 Å². The van der Waals surface area contributed by atoms with Gasteiger partial charge < -0.3 is 10.3 Å². The molecule has 86 valence electrons. The van der Waals surface area contributed by atoms with E-state index in [2.05, 4.69) is 10.3 Å². The first-order chi connectivity index (χ1) is 7.75. The summed E-state index contributed by atoms with van der Waals surface area (Å²) in [7, 11) is 0. The van der Waals surface area contributed by atoms with E-state index in [-0.39, 0.29) is 11.7 Å². The molecule has 2 N–H and O–H groups in total.